The summed E-state index contributed by atoms with van der Waals surface area (Å²) in [7, 11) is 3.04. The number of amides is 2. The molecular formula is C19H35N3O6. The van der Waals surface area contributed by atoms with E-state index < -0.39 is 29.6 Å². The molecule has 2 saturated heterocycles. The van der Waals surface area contributed by atoms with Gasteiger partial charge in [0.05, 0.1) is 6.04 Å². The van der Waals surface area contributed by atoms with Crippen LogP contribution >= 0.6 is 0 Å². The number of nitrogens with two attached hydrogens (primary N) is 1. The van der Waals surface area contributed by atoms with E-state index in [4.69, 9.17) is 24.7 Å². The van der Waals surface area contributed by atoms with Crippen molar-refractivity contribution in [2.24, 2.45) is 11.7 Å². The molecule has 0 unspecified atom stereocenters. The molecule has 9 nitrogen and oxygen atoms in total. The molecule has 4 atom stereocenters. The molecule has 0 radical (unpaired) electrons. The topological polar surface area (TPSA) is 112 Å². The van der Waals surface area contributed by atoms with Gasteiger partial charge in [-0.2, -0.15) is 0 Å². The lowest BCUT2D eigenvalue weighted by Crippen LogP contribution is -2.59. The zero-order valence-corrected chi connectivity index (χ0v) is 18.0. The number of hydrogen-bond acceptors (Lipinski definition) is 7. The summed E-state index contributed by atoms with van der Waals surface area (Å²) in [5.74, 6) is -1.14. The average Bonchev–Trinajstić information content (AvgIpc) is 3.11. The third kappa shape index (κ3) is 4.76. The molecule has 0 saturated carbocycles. The van der Waals surface area contributed by atoms with E-state index in [9.17, 15) is 9.59 Å². The summed E-state index contributed by atoms with van der Waals surface area (Å²) >= 11 is 0. The largest absolute Gasteiger partial charge is 0.444 e. The van der Waals surface area contributed by atoms with Crippen molar-refractivity contribution in [3.63, 3.8) is 0 Å². The fraction of sp³-hybridized carbons (Fsp3) is 0.895. The Morgan fingerprint density at radius 2 is 1.89 bits per heavy atom. The molecule has 0 aliphatic carbocycles. The molecule has 9 heteroatoms. The van der Waals surface area contributed by atoms with Crippen molar-refractivity contribution in [3.05, 3.63) is 0 Å². The van der Waals surface area contributed by atoms with Crippen LogP contribution in [0.2, 0.25) is 0 Å². The third-order valence-corrected chi connectivity index (χ3v) is 5.07. The van der Waals surface area contributed by atoms with Gasteiger partial charge in [0.2, 0.25) is 11.7 Å². The predicted molar refractivity (Wildman–Crippen MR) is 103 cm³/mol. The fourth-order valence-electron chi connectivity index (χ4n) is 3.87. The number of fused-ring (bicyclic) bond motifs is 1. The molecule has 2 rings (SSSR count). The van der Waals surface area contributed by atoms with Gasteiger partial charge < -0.3 is 34.9 Å². The standard InChI is InChI=1S/C19H35N3O6/c1-11(2)8-13(21-17(24)28-18(3,4)5)16(23)22-9-12(20)14-15(22)19(25-6,26-7)10-27-14/h11-15H,8-10,20H2,1-7H3,(H,21,24)/t12-,13+,14-,15+/m1/s1. The molecule has 2 heterocycles. The quantitative estimate of drug-likeness (QED) is 0.635. The summed E-state index contributed by atoms with van der Waals surface area (Å²) in [6.45, 7) is 9.78. The second kappa shape index (κ2) is 8.52. The van der Waals surface area contributed by atoms with Crippen molar-refractivity contribution in [1.82, 2.24) is 10.2 Å². The number of ether oxygens (including phenoxy) is 4. The van der Waals surface area contributed by atoms with Crippen molar-refractivity contribution >= 4 is 12.0 Å². The lowest BCUT2D eigenvalue weighted by atomic mass is 10.0. The van der Waals surface area contributed by atoms with Crippen LogP contribution in [0, 0.1) is 5.92 Å². The predicted octanol–water partition coefficient (Wildman–Crippen LogP) is 0.852. The highest BCUT2D eigenvalue weighted by atomic mass is 16.7. The van der Waals surface area contributed by atoms with E-state index in [1.807, 2.05) is 13.8 Å². The number of nitrogens with one attached hydrogen (secondary N) is 1. The Morgan fingerprint density at radius 3 is 2.39 bits per heavy atom. The number of nitrogens with zero attached hydrogens (tertiary/aromatic N) is 1. The van der Waals surface area contributed by atoms with E-state index in [2.05, 4.69) is 5.32 Å². The van der Waals surface area contributed by atoms with E-state index in [0.717, 1.165) is 0 Å². The summed E-state index contributed by atoms with van der Waals surface area (Å²) in [6, 6.07) is -1.59. The van der Waals surface area contributed by atoms with Crippen LogP contribution in [0.15, 0.2) is 0 Å². The molecule has 2 aliphatic heterocycles. The van der Waals surface area contributed by atoms with Gasteiger partial charge in [0.25, 0.3) is 0 Å². The minimum absolute atomic E-state index is 0.182. The van der Waals surface area contributed by atoms with Gasteiger partial charge in [-0.3, -0.25) is 4.79 Å². The maximum absolute atomic E-state index is 13.4. The molecule has 0 spiro atoms. The first-order valence-corrected chi connectivity index (χ1v) is 9.71. The molecule has 162 valence electrons. The first-order chi connectivity index (χ1) is 12.9. The van der Waals surface area contributed by atoms with E-state index in [1.165, 1.54) is 14.2 Å². The molecule has 0 aromatic heterocycles. The maximum Gasteiger partial charge on any atom is 0.408 e. The molecule has 2 aliphatic rings. The SMILES string of the molecule is COC1(OC)CO[C@@H]2[C@H](N)CN(C(=O)[C@H](CC(C)C)NC(=O)OC(C)(C)C)[C@@H]21. The normalized spacial score (nSPS) is 27.6. The summed E-state index contributed by atoms with van der Waals surface area (Å²) in [4.78, 5) is 27.3. The molecule has 3 N–H and O–H groups in total. The average molecular weight is 402 g/mol. The fourth-order valence-corrected chi connectivity index (χ4v) is 3.87. The zero-order chi connectivity index (χ0) is 21.3. The number of methoxy groups -OCH3 is 2. The Labute approximate surface area is 167 Å². The van der Waals surface area contributed by atoms with Gasteiger partial charge in [-0.25, -0.2) is 4.79 Å². The molecular weight excluding hydrogens is 366 g/mol. The van der Waals surface area contributed by atoms with Crippen LogP contribution in [-0.2, 0) is 23.7 Å². The Morgan fingerprint density at radius 1 is 1.29 bits per heavy atom. The minimum atomic E-state index is -1.08. The van der Waals surface area contributed by atoms with E-state index in [0.29, 0.717) is 13.0 Å². The second-order valence-corrected chi connectivity index (χ2v) is 8.92. The zero-order valence-electron chi connectivity index (χ0n) is 18.0. The lowest BCUT2D eigenvalue weighted by Gasteiger charge is -2.37. The summed E-state index contributed by atoms with van der Waals surface area (Å²) in [5, 5.41) is 2.72. The summed E-state index contributed by atoms with van der Waals surface area (Å²) in [6.07, 6.45) is -0.543. The summed E-state index contributed by atoms with van der Waals surface area (Å²) in [5.41, 5.74) is 5.57. The number of carbonyl (C=O) groups is 2. The van der Waals surface area contributed by atoms with Crippen LogP contribution in [0.5, 0.6) is 0 Å². The Kier molecular flexibility index (Phi) is 6.96. The van der Waals surface area contributed by atoms with Crippen molar-refractivity contribution in [3.8, 4) is 0 Å². The number of likely N-dealkylation sites (tertiary alicyclic amines) is 1. The van der Waals surface area contributed by atoms with Crippen molar-refractivity contribution < 1.29 is 28.5 Å². The molecule has 0 aromatic carbocycles. The molecule has 2 fully saturated rings. The van der Waals surface area contributed by atoms with Crippen molar-refractivity contribution in [2.75, 3.05) is 27.4 Å². The molecule has 0 aromatic rings. The van der Waals surface area contributed by atoms with Gasteiger partial charge >= 0.3 is 6.09 Å². The van der Waals surface area contributed by atoms with Gasteiger partial charge in [0.1, 0.15) is 30.4 Å². The Hall–Kier alpha value is -1.42. The first kappa shape index (κ1) is 22.9. The summed E-state index contributed by atoms with van der Waals surface area (Å²) < 4.78 is 22.3. The van der Waals surface area contributed by atoms with E-state index >= 15 is 0 Å². The monoisotopic (exact) mass is 401 g/mol. The van der Waals surface area contributed by atoms with Crippen LogP contribution in [0.1, 0.15) is 41.0 Å². The van der Waals surface area contributed by atoms with Gasteiger partial charge in [-0.15, -0.1) is 0 Å². The third-order valence-electron chi connectivity index (χ3n) is 5.07. The first-order valence-electron chi connectivity index (χ1n) is 9.71. The number of carbonyl (C=O) groups excluding carboxylic acids is 2. The van der Waals surface area contributed by atoms with Crippen molar-refractivity contribution in [2.45, 2.75) is 76.7 Å². The highest BCUT2D eigenvalue weighted by Gasteiger charge is 2.61. The van der Waals surface area contributed by atoms with Gasteiger partial charge in [-0.1, -0.05) is 13.8 Å². The Bertz CT molecular complexity index is 573. The molecule has 2 amide bonds. The smallest absolute Gasteiger partial charge is 0.408 e. The molecule has 28 heavy (non-hydrogen) atoms. The van der Waals surface area contributed by atoms with Gasteiger partial charge in [0.15, 0.2) is 0 Å². The second-order valence-electron chi connectivity index (χ2n) is 8.92. The number of hydrogen-bond donors (Lipinski definition) is 2. The van der Waals surface area contributed by atoms with E-state index in [1.54, 1.807) is 25.7 Å². The van der Waals surface area contributed by atoms with Crippen LogP contribution in [0.3, 0.4) is 0 Å². The molecule has 0 bridgehead atoms. The lowest BCUT2D eigenvalue weighted by molar-refractivity contribution is -0.227. The highest BCUT2D eigenvalue weighted by Crippen LogP contribution is 2.38. The van der Waals surface area contributed by atoms with Crippen LogP contribution in [-0.4, -0.2) is 79.9 Å². The number of rotatable bonds is 6. The van der Waals surface area contributed by atoms with E-state index in [-0.39, 0.29) is 30.6 Å². The van der Waals surface area contributed by atoms with Gasteiger partial charge in [0, 0.05) is 20.8 Å². The van der Waals surface area contributed by atoms with Crippen LogP contribution < -0.4 is 11.1 Å². The van der Waals surface area contributed by atoms with Crippen LogP contribution in [0.25, 0.3) is 0 Å². The van der Waals surface area contributed by atoms with Gasteiger partial charge in [-0.05, 0) is 33.1 Å². The maximum atomic E-state index is 13.4. The Balaban J connectivity index is 2.23. The highest BCUT2D eigenvalue weighted by molar-refractivity contribution is 5.86. The van der Waals surface area contributed by atoms with Crippen molar-refractivity contribution in [1.29, 1.82) is 0 Å². The minimum Gasteiger partial charge on any atom is -0.444 e. The van der Waals surface area contributed by atoms with Crippen LogP contribution in [0.4, 0.5) is 4.79 Å². The number of alkyl carbamates (subject to hydrolysis) is 1.